The quantitative estimate of drug-likeness (QED) is 0.770. The number of hydrogen-bond donors (Lipinski definition) is 1. The van der Waals surface area contributed by atoms with Gasteiger partial charge in [-0.05, 0) is 33.7 Å². The van der Waals surface area contributed by atoms with Crippen molar-refractivity contribution < 1.29 is 8.42 Å². The minimum Gasteiger partial charge on any atom is -0.329 e. The topological polar surface area (TPSA) is 66.6 Å². The molecule has 0 radical (unpaired) electrons. The van der Waals surface area contributed by atoms with E-state index in [1.54, 1.807) is 0 Å². The molecule has 0 bridgehead atoms. The summed E-state index contributed by atoms with van der Waals surface area (Å²) in [5, 5.41) is 0. The normalized spacial score (nSPS) is 31.2. The molecule has 0 atom stereocenters. The second-order valence-electron chi connectivity index (χ2n) is 6.74. The zero-order chi connectivity index (χ0) is 14.3. The van der Waals surface area contributed by atoms with Gasteiger partial charge in [0.2, 0.25) is 0 Å². The fraction of sp³-hybridized carbons (Fsp3) is 1.00. The molecular weight excluding hydrogens is 262 g/mol. The van der Waals surface area contributed by atoms with Gasteiger partial charge < -0.3 is 5.73 Å². The lowest BCUT2D eigenvalue weighted by molar-refractivity contribution is -0.0260. The van der Waals surface area contributed by atoms with Gasteiger partial charge in [0, 0.05) is 37.3 Å². The van der Waals surface area contributed by atoms with E-state index >= 15 is 0 Å². The lowest BCUT2D eigenvalue weighted by atomic mass is 9.86. The van der Waals surface area contributed by atoms with E-state index in [-0.39, 0.29) is 22.6 Å². The van der Waals surface area contributed by atoms with Crippen molar-refractivity contribution in [2.75, 3.05) is 44.7 Å². The summed E-state index contributed by atoms with van der Waals surface area (Å²) >= 11 is 0. The minimum absolute atomic E-state index is 0.107. The summed E-state index contributed by atoms with van der Waals surface area (Å²) in [6.45, 7) is 7.99. The number of sulfone groups is 1. The van der Waals surface area contributed by atoms with Crippen LogP contribution in [0.3, 0.4) is 0 Å². The third kappa shape index (κ3) is 2.96. The number of hydrogen-bond acceptors (Lipinski definition) is 5. The molecule has 0 aromatic carbocycles. The highest BCUT2D eigenvalue weighted by atomic mass is 32.2. The molecule has 2 heterocycles. The molecule has 2 N–H and O–H groups in total. The van der Waals surface area contributed by atoms with E-state index < -0.39 is 9.84 Å². The Labute approximate surface area is 117 Å². The van der Waals surface area contributed by atoms with Crippen LogP contribution in [-0.4, -0.2) is 74.0 Å². The standard InChI is InChI=1S/C13H27N3O2S/c1-12(2)11-16(7-6-15(12)3)13(10-14)4-8-19(17,18)9-5-13/h4-11,14H2,1-3H3. The SMILES string of the molecule is CN1CCN(C2(CN)CCS(=O)(=O)CC2)CC1(C)C. The molecule has 5 nitrogen and oxygen atoms in total. The van der Waals surface area contributed by atoms with Gasteiger partial charge >= 0.3 is 0 Å². The molecule has 2 fully saturated rings. The fourth-order valence-corrected chi connectivity index (χ4v) is 4.80. The van der Waals surface area contributed by atoms with Crippen LogP contribution in [0.4, 0.5) is 0 Å². The van der Waals surface area contributed by atoms with E-state index in [2.05, 4.69) is 30.7 Å². The van der Waals surface area contributed by atoms with Crippen molar-refractivity contribution in [3.63, 3.8) is 0 Å². The number of likely N-dealkylation sites (N-methyl/N-ethyl adjacent to an activating group) is 1. The van der Waals surface area contributed by atoms with Crippen molar-refractivity contribution in [1.82, 2.24) is 9.80 Å². The summed E-state index contributed by atoms with van der Waals surface area (Å²) < 4.78 is 23.3. The summed E-state index contributed by atoms with van der Waals surface area (Å²) in [5.41, 5.74) is 6.05. The van der Waals surface area contributed by atoms with Crippen LogP contribution < -0.4 is 5.73 Å². The molecule has 0 aromatic heterocycles. The first-order chi connectivity index (χ1) is 8.71. The average molecular weight is 289 g/mol. The van der Waals surface area contributed by atoms with Gasteiger partial charge in [0.25, 0.3) is 0 Å². The number of rotatable bonds is 2. The van der Waals surface area contributed by atoms with Gasteiger partial charge in [0.15, 0.2) is 0 Å². The Morgan fingerprint density at radius 3 is 2.21 bits per heavy atom. The average Bonchev–Trinajstić information content (AvgIpc) is 2.33. The molecule has 0 aromatic rings. The minimum atomic E-state index is -2.83. The van der Waals surface area contributed by atoms with Crippen LogP contribution in [0.5, 0.6) is 0 Å². The van der Waals surface area contributed by atoms with Crippen molar-refractivity contribution >= 4 is 9.84 Å². The third-order valence-corrected chi connectivity index (χ3v) is 6.78. The van der Waals surface area contributed by atoms with Crippen molar-refractivity contribution in [3.8, 4) is 0 Å². The lowest BCUT2D eigenvalue weighted by Gasteiger charge is -2.54. The van der Waals surface area contributed by atoms with E-state index in [9.17, 15) is 8.42 Å². The van der Waals surface area contributed by atoms with Crippen LogP contribution in [0.1, 0.15) is 26.7 Å². The molecule has 0 amide bonds. The Morgan fingerprint density at radius 1 is 1.16 bits per heavy atom. The smallest absolute Gasteiger partial charge is 0.150 e. The van der Waals surface area contributed by atoms with Gasteiger partial charge in [-0.3, -0.25) is 9.80 Å². The monoisotopic (exact) mass is 289 g/mol. The number of nitrogens with zero attached hydrogens (tertiary/aromatic N) is 2. The summed E-state index contributed by atoms with van der Waals surface area (Å²) in [7, 11) is -0.684. The number of piperazine rings is 1. The highest BCUT2D eigenvalue weighted by Gasteiger charge is 2.44. The van der Waals surface area contributed by atoms with Gasteiger partial charge in [0.05, 0.1) is 11.5 Å². The predicted octanol–water partition coefficient (Wildman–Crippen LogP) is -0.0815. The molecule has 2 rings (SSSR count). The maximum absolute atomic E-state index is 11.6. The van der Waals surface area contributed by atoms with Crippen LogP contribution in [0.2, 0.25) is 0 Å². The molecule has 112 valence electrons. The number of nitrogens with two attached hydrogens (primary N) is 1. The highest BCUT2D eigenvalue weighted by Crippen LogP contribution is 2.33. The second-order valence-corrected chi connectivity index (χ2v) is 9.04. The molecule has 2 aliphatic heterocycles. The van der Waals surface area contributed by atoms with Gasteiger partial charge in [-0.2, -0.15) is 0 Å². The molecule has 6 heteroatoms. The van der Waals surface area contributed by atoms with Crippen molar-refractivity contribution in [2.45, 2.75) is 37.8 Å². The first-order valence-corrected chi connectivity index (χ1v) is 8.90. The Morgan fingerprint density at radius 2 is 1.74 bits per heavy atom. The highest BCUT2D eigenvalue weighted by molar-refractivity contribution is 7.91. The Kier molecular flexibility index (Phi) is 3.99. The summed E-state index contributed by atoms with van der Waals surface area (Å²) in [6.07, 6.45) is 1.37. The maximum Gasteiger partial charge on any atom is 0.150 e. The fourth-order valence-electron chi connectivity index (χ4n) is 3.21. The molecule has 2 aliphatic rings. The van der Waals surface area contributed by atoms with E-state index in [1.165, 1.54) is 0 Å². The molecule has 0 aliphatic carbocycles. The van der Waals surface area contributed by atoms with Crippen LogP contribution >= 0.6 is 0 Å². The third-order valence-electron chi connectivity index (χ3n) is 5.12. The maximum atomic E-state index is 11.6. The van der Waals surface area contributed by atoms with Gasteiger partial charge in [-0.15, -0.1) is 0 Å². The Bertz CT molecular complexity index is 419. The van der Waals surface area contributed by atoms with Crippen LogP contribution in [0.15, 0.2) is 0 Å². The van der Waals surface area contributed by atoms with Crippen molar-refractivity contribution in [2.24, 2.45) is 5.73 Å². The van der Waals surface area contributed by atoms with Gasteiger partial charge in [0.1, 0.15) is 9.84 Å². The molecular formula is C13H27N3O2S. The molecule has 0 spiro atoms. The van der Waals surface area contributed by atoms with E-state index in [1.807, 2.05) is 0 Å². The zero-order valence-corrected chi connectivity index (χ0v) is 13.2. The van der Waals surface area contributed by atoms with E-state index in [4.69, 9.17) is 5.73 Å². The van der Waals surface area contributed by atoms with Crippen molar-refractivity contribution in [3.05, 3.63) is 0 Å². The van der Waals surface area contributed by atoms with Crippen LogP contribution in [-0.2, 0) is 9.84 Å². The predicted molar refractivity (Wildman–Crippen MR) is 78.0 cm³/mol. The first-order valence-electron chi connectivity index (χ1n) is 7.08. The van der Waals surface area contributed by atoms with Crippen LogP contribution in [0, 0.1) is 0 Å². The van der Waals surface area contributed by atoms with E-state index in [0.717, 1.165) is 19.6 Å². The Hall–Kier alpha value is -0.170. The second kappa shape index (κ2) is 4.98. The molecule has 0 unspecified atom stereocenters. The first kappa shape index (κ1) is 15.2. The summed E-state index contributed by atoms with van der Waals surface area (Å²) in [5.74, 6) is 0.577. The molecule has 2 saturated heterocycles. The zero-order valence-electron chi connectivity index (χ0n) is 12.4. The molecule has 0 saturated carbocycles. The van der Waals surface area contributed by atoms with Crippen LogP contribution in [0.25, 0.3) is 0 Å². The van der Waals surface area contributed by atoms with Gasteiger partial charge in [-0.25, -0.2) is 8.42 Å². The molecule has 19 heavy (non-hydrogen) atoms. The van der Waals surface area contributed by atoms with Gasteiger partial charge in [-0.1, -0.05) is 0 Å². The van der Waals surface area contributed by atoms with Crippen molar-refractivity contribution in [1.29, 1.82) is 0 Å². The Balaban J connectivity index is 2.15. The summed E-state index contributed by atoms with van der Waals surface area (Å²) in [4.78, 5) is 4.81. The summed E-state index contributed by atoms with van der Waals surface area (Å²) in [6, 6.07) is 0. The lowest BCUT2D eigenvalue weighted by Crippen LogP contribution is -2.67. The van der Waals surface area contributed by atoms with E-state index in [0.29, 0.717) is 19.4 Å². The largest absolute Gasteiger partial charge is 0.329 e.